The molecule has 1 heterocycles. The van der Waals surface area contributed by atoms with Crippen LogP contribution in [0.3, 0.4) is 0 Å². The lowest BCUT2D eigenvalue weighted by Gasteiger charge is -2.35. The molecule has 0 radical (unpaired) electrons. The number of nitrogens with zero attached hydrogens (tertiary/aromatic N) is 1. The van der Waals surface area contributed by atoms with Gasteiger partial charge >= 0.3 is 0 Å². The van der Waals surface area contributed by atoms with Crippen LogP contribution in [0.2, 0.25) is 5.02 Å². The van der Waals surface area contributed by atoms with Crippen molar-refractivity contribution in [1.82, 2.24) is 10.2 Å². The van der Waals surface area contributed by atoms with E-state index in [9.17, 15) is 14.7 Å². The van der Waals surface area contributed by atoms with Crippen LogP contribution in [0.15, 0.2) is 78.9 Å². The van der Waals surface area contributed by atoms with Gasteiger partial charge in [0, 0.05) is 37.7 Å². The van der Waals surface area contributed by atoms with Gasteiger partial charge in [-0.3, -0.25) is 9.59 Å². The molecule has 6 nitrogen and oxygen atoms in total. The third-order valence-corrected chi connectivity index (χ3v) is 6.99. The molecule has 3 aromatic carbocycles. The number of carbonyl (C=O) groups excluding carboxylic acids is 2. The Kier molecular flexibility index (Phi) is 9.58. The van der Waals surface area contributed by atoms with Gasteiger partial charge in [0.1, 0.15) is 11.8 Å². The van der Waals surface area contributed by atoms with Crippen molar-refractivity contribution in [3.63, 3.8) is 0 Å². The smallest absolute Gasteiger partial charge is 0.247 e. The standard InChI is InChI=1S/C30H33ClN2O4/c31-26-11-6-23(7-12-26)20-32-30(36)29(25-4-2-1-3-5-25)33(21-24-16-18-37-19-17-24)28(35)15-10-22-8-13-27(34)14-9-22/h1-9,11-14,24,29,34H,10,15-21H2,(H,32,36). The zero-order chi connectivity index (χ0) is 26.0. The molecular weight excluding hydrogens is 488 g/mol. The number of amides is 2. The van der Waals surface area contributed by atoms with Crippen molar-refractivity contribution in [2.45, 2.75) is 38.3 Å². The predicted octanol–water partition coefficient (Wildman–Crippen LogP) is 5.29. The maximum absolute atomic E-state index is 13.7. The number of halogens is 1. The van der Waals surface area contributed by atoms with E-state index in [2.05, 4.69) is 5.32 Å². The lowest BCUT2D eigenvalue weighted by atomic mass is 9.96. The molecule has 1 fully saturated rings. The molecule has 1 atom stereocenters. The molecule has 2 amide bonds. The molecular formula is C30H33ClN2O4. The van der Waals surface area contributed by atoms with Gasteiger partial charge in [-0.05, 0) is 66.1 Å². The van der Waals surface area contributed by atoms with Gasteiger partial charge in [0.15, 0.2) is 0 Å². The fourth-order valence-electron chi connectivity index (χ4n) is 4.61. The monoisotopic (exact) mass is 520 g/mol. The lowest BCUT2D eigenvalue weighted by molar-refractivity contribution is -0.142. The van der Waals surface area contributed by atoms with Crippen LogP contribution in [-0.2, 0) is 27.3 Å². The Morgan fingerprint density at radius 3 is 2.27 bits per heavy atom. The van der Waals surface area contributed by atoms with Crippen molar-refractivity contribution in [2.75, 3.05) is 19.8 Å². The van der Waals surface area contributed by atoms with Gasteiger partial charge in [0.2, 0.25) is 11.8 Å². The molecule has 0 saturated carbocycles. The van der Waals surface area contributed by atoms with Crippen LogP contribution in [-0.4, -0.2) is 41.6 Å². The Labute approximate surface area is 223 Å². The minimum absolute atomic E-state index is 0.0740. The van der Waals surface area contributed by atoms with Crippen molar-refractivity contribution in [3.05, 3.63) is 101 Å². The number of hydrogen-bond donors (Lipinski definition) is 2. The number of aromatic hydroxyl groups is 1. The molecule has 1 aliphatic heterocycles. The third kappa shape index (κ3) is 7.81. The van der Waals surface area contributed by atoms with Crippen LogP contribution in [0.1, 0.15) is 42.0 Å². The predicted molar refractivity (Wildman–Crippen MR) is 144 cm³/mol. The Hall–Kier alpha value is -3.35. The maximum Gasteiger partial charge on any atom is 0.247 e. The Balaban J connectivity index is 1.56. The Bertz CT molecular complexity index is 1150. The van der Waals surface area contributed by atoms with Crippen molar-refractivity contribution < 1.29 is 19.4 Å². The highest BCUT2D eigenvalue weighted by atomic mass is 35.5. The summed E-state index contributed by atoms with van der Waals surface area (Å²) in [6, 6.07) is 23.0. The van der Waals surface area contributed by atoms with E-state index < -0.39 is 6.04 Å². The van der Waals surface area contributed by atoms with Gasteiger partial charge in [0.25, 0.3) is 0 Å². The van der Waals surface area contributed by atoms with E-state index in [1.165, 1.54) is 0 Å². The van der Waals surface area contributed by atoms with E-state index in [-0.39, 0.29) is 29.9 Å². The number of ether oxygens (including phenoxy) is 1. The fourth-order valence-corrected chi connectivity index (χ4v) is 4.74. The van der Waals surface area contributed by atoms with Crippen molar-refractivity contribution in [2.24, 2.45) is 5.92 Å². The van der Waals surface area contributed by atoms with Gasteiger partial charge in [-0.1, -0.05) is 66.2 Å². The normalized spacial score (nSPS) is 14.6. The molecule has 4 rings (SSSR count). The molecule has 2 N–H and O–H groups in total. The minimum Gasteiger partial charge on any atom is -0.508 e. The van der Waals surface area contributed by atoms with Crippen molar-refractivity contribution in [1.29, 1.82) is 0 Å². The first-order valence-corrected chi connectivity index (χ1v) is 13.1. The number of hydrogen-bond acceptors (Lipinski definition) is 4. The van der Waals surface area contributed by atoms with Crippen LogP contribution in [0.4, 0.5) is 0 Å². The summed E-state index contributed by atoms with van der Waals surface area (Å²) in [7, 11) is 0. The third-order valence-electron chi connectivity index (χ3n) is 6.74. The summed E-state index contributed by atoms with van der Waals surface area (Å²) < 4.78 is 5.53. The van der Waals surface area contributed by atoms with E-state index in [0.717, 1.165) is 29.5 Å². The summed E-state index contributed by atoms with van der Waals surface area (Å²) in [5.41, 5.74) is 2.67. The first kappa shape index (κ1) is 26.7. The van der Waals surface area contributed by atoms with Crippen LogP contribution in [0, 0.1) is 5.92 Å². The van der Waals surface area contributed by atoms with Crippen LogP contribution >= 0.6 is 11.6 Å². The number of carbonyl (C=O) groups is 2. The van der Waals surface area contributed by atoms with E-state index in [4.69, 9.17) is 16.3 Å². The number of phenolic OH excluding ortho intramolecular Hbond substituents is 1. The number of rotatable bonds is 10. The number of aryl methyl sites for hydroxylation is 1. The summed E-state index contributed by atoms with van der Waals surface area (Å²) in [6.07, 6.45) is 2.50. The Morgan fingerprint density at radius 1 is 0.946 bits per heavy atom. The fraction of sp³-hybridized carbons (Fsp3) is 0.333. The van der Waals surface area contributed by atoms with E-state index in [1.807, 2.05) is 54.6 Å². The van der Waals surface area contributed by atoms with Crippen LogP contribution in [0.25, 0.3) is 0 Å². The largest absolute Gasteiger partial charge is 0.508 e. The second kappa shape index (κ2) is 13.3. The minimum atomic E-state index is -0.747. The summed E-state index contributed by atoms with van der Waals surface area (Å²) in [5.74, 6) is 0.167. The van der Waals surface area contributed by atoms with Gasteiger partial charge < -0.3 is 20.1 Å². The van der Waals surface area contributed by atoms with Gasteiger partial charge in [-0.15, -0.1) is 0 Å². The van der Waals surface area contributed by atoms with Crippen LogP contribution < -0.4 is 5.32 Å². The highest BCUT2D eigenvalue weighted by molar-refractivity contribution is 6.30. The molecule has 1 saturated heterocycles. The van der Waals surface area contributed by atoms with E-state index >= 15 is 0 Å². The first-order chi connectivity index (χ1) is 18.0. The molecule has 1 unspecified atom stereocenters. The zero-order valence-electron chi connectivity index (χ0n) is 20.8. The van der Waals surface area contributed by atoms with Gasteiger partial charge in [-0.25, -0.2) is 0 Å². The molecule has 3 aromatic rings. The summed E-state index contributed by atoms with van der Waals surface area (Å²) in [5, 5.41) is 13.3. The van der Waals surface area contributed by atoms with E-state index in [1.54, 1.807) is 29.2 Å². The molecule has 0 aromatic heterocycles. The topological polar surface area (TPSA) is 78.9 Å². The highest BCUT2D eigenvalue weighted by Crippen LogP contribution is 2.27. The number of nitrogens with one attached hydrogen (secondary N) is 1. The maximum atomic E-state index is 13.7. The number of phenols is 1. The molecule has 7 heteroatoms. The van der Waals surface area contributed by atoms with Gasteiger partial charge in [-0.2, -0.15) is 0 Å². The average Bonchev–Trinajstić information content (AvgIpc) is 2.93. The zero-order valence-corrected chi connectivity index (χ0v) is 21.6. The Morgan fingerprint density at radius 2 is 1.59 bits per heavy atom. The second-order valence-corrected chi connectivity index (χ2v) is 9.86. The molecule has 194 valence electrons. The quantitative estimate of drug-likeness (QED) is 0.380. The average molecular weight is 521 g/mol. The summed E-state index contributed by atoms with van der Waals surface area (Å²) in [6.45, 7) is 2.16. The van der Waals surface area contributed by atoms with E-state index in [0.29, 0.717) is 37.7 Å². The molecule has 0 aliphatic carbocycles. The first-order valence-electron chi connectivity index (χ1n) is 12.7. The molecule has 1 aliphatic rings. The highest BCUT2D eigenvalue weighted by Gasteiger charge is 2.33. The van der Waals surface area contributed by atoms with Crippen molar-refractivity contribution >= 4 is 23.4 Å². The summed E-state index contributed by atoms with van der Waals surface area (Å²) >= 11 is 6.00. The molecule has 0 bridgehead atoms. The van der Waals surface area contributed by atoms with Gasteiger partial charge in [0.05, 0.1) is 0 Å². The number of benzene rings is 3. The molecule has 0 spiro atoms. The SMILES string of the molecule is O=C(NCc1ccc(Cl)cc1)C(c1ccccc1)N(CC1CCOCC1)C(=O)CCc1ccc(O)cc1. The lowest BCUT2D eigenvalue weighted by Crippen LogP contribution is -2.46. The van der Waals surface area contributed by atoms with Crippen molar-refractivity contribution in [3.8, 4) is 5.75 Å². The summed E-state index contributed by atoms with van der Waals surface area (Å²) in [4.78, 5) is 29.2. The molecule has 37 heavy (non-hydrogen) atoms. The second-order valence-electron chi connectivity index (χ2n) is 9.43. The van der Waals surface area contributed by atoms with Crippen LogP contribution in [0.5, 0.6) is 5.75 Å².